The van der Waals surface area contributed by atoms with Crippen molar-refractivity contribution in [1.29, 1.82) is 0 Å². The molecule has 1 saturated carbocycles. The molecule has 22 heavy (non-hydrogen) atoms. The Morgan fingerprint density at radius 3 is 2.91 bits per heavy atom. The molecule has 0 radical (unpaired) electrons. The van der Waals surface area contributed by atoms with Crippen LogP contribution in [0.25, 0.3) is 6.08 Å². The Kier molecular flexibility index (Phi) is 7.10. The summed E-state index contributed by atoms with van der Waals surface area (Å²) >= 11 is 0. The van der Waals surface area contributed by atoms with Crippen molar-refractivity contribution < 1.29 is 4.79 Å². The van der Waals surface area contributed by atoms with Gasteiger partial charge < -0.3 is 10.2 Å². The number of rotatable bonds is 7. The highest BCUT2D eigenvalue weighted by atomic mass is 16.1. The normalized spacial score (nSPS) is 16.3. The lowest BCUT2D eigenvalue weighted by atomic mass is 9.94. The van der Waals surface area contributed by atoms with Crippen molar-refractivity contribution in [3.63, 3.8) is 0 Å². The summed E-state index contributed by atoms with van der Waals surface area (Å²) in [6, 6.07) is 6.39. The van der Waals surface area contributed by atoms with Crippen LogP contribution in [0, 0.1) is 0 Å². The predicted octanol–water partition coefficient (Wildman–Crippen LogP) is 2.87. The molecule has 0 aromatic carbocycles. The first-order chi connectivity index (χ1) is 10.8. The fraction of sp³-hybridized carbons (Fsp3) is 0.556. The van der Waals surface area contributed by atoms with E-state index < -0.39 is 0 Å². The smallest absolute Gasteiger partial charge is 0.244 e. The van der Waals surface area contributed by atoms with Crippen LogP contribution in [0.2, 0.25) is 0 Å². The van der Waals surface area contributed by atoms with Crippen molar-refractivity contribution in [2.75, 3.05) is 20.1 Å². The molecule has 1 amide bonds. The van der Waals surface area contributed by atoms with Gasteiger partial charge in [0.05, 0.1) is 5.69 Å². The van der Waals surface area contributed by atoms with Crippen LogP contribution in [0.3, 0.4) is 0 Å². The van der Waals surface area contributed by atoms with Crippen molar-refractivity contribution in [3.05, 3.63) is 36.2 Å². The SMILES string of the molecule is CN(CCCNC(=O)C=Cc1ccccn1)C1CCCCC1. The van der Waals surface area contributed by atoms with E-state index in [2.05, 4.69) is 22.2 Å². The minimum Gasteiger partial charge on any atom is -0.353 e. The first-order valence-electron chi connectivity index (χ1n) is 8.33. The van der Waals surface area contributed by atoms with Crippen molar-refractivity contribution in [2.45, 2.75) is 44.6 Å². The number of aromatic nitrogens is 1. The van der Waals surface area contributed by atoms with E-state index in [1.54, 1.807) is 18.3 Å². The summed E-state index contributed by atoms with van der Waals surface area (Å²) in [6.45, 7) is 1.78. The quantitative estimate of drug-likeness (QED) is 0.622. The van der Waals surface area contributed by atoms with Crippen LogP contribution >= 0.6 is 0 Å². The van der Waals surface area contributed by atoms with Gasteiger partial charge in [-0.3, -0.25) is 9.78 Å². The van der Waals surface area contributed by atoms with E-state index in [0.29, 0.717) is 0 Å². The molecule has 1 aliphatic carbocycles. The van der Waals surface area contributed by atoms with E-state index >= 15 is 0 Å². The van der Waals surface area contributed by atoms with E-state index in [-0.39, 0.29) is 5.91 Å². The van der Waals surface area contributed by atoms with Crippen LogP contribution in [0.4, 0.5) is 0 Å². The molecule has 1 heterocycles. The second-order valence-electron chi connectivity index (χ2n) is 6.00. The third-order valence-electron chi connectivity index (χ3n) is 4.28. The molecule has 120 valence electrons. The fourth-order valence-electron chi connectivity index (χ4n) is 2.94. The number of hydrogen-bond acceptors (Lipinski definition) is 3. The third-order valence-corrected chi connectivity index (χ3v) is 4.28. The summed E-state index contributed by atoms with van der Waals surface area (Å²) in [5, 5.41) is 2.93. The lowest BCUT2D eigenvalue weighted by Gasteiger charge is -2.31. The first-order valence-corrected chi connectivity index (χ1v) is 8.33. The number of carbonyl (C=O) groups is 1. The maximum Gasteiger partial charge on any atom is 0.244 e. The van der Waals surface area contributed by atoms with Gasteiger partial charge in [0.1, 0.15) is 0 Å². The predicted molar refractivity (Wildman–Crippen MR) is 90.4 cm³/mol. The average molecular weight is 301 g/mol. The van der Waals surface area contributed by atoms with Crippen LogP contribution in [-0.4, -0.2) is 42.0 Å². The summed E-state index contributed by atoms with van der Waals surface area (Å²) < 4.78 is 0. The molecule has 1 aromatic rings. The van der Waals surface area contributed by atoms with Gasteiger partial charge in [0.25, 0.3) is 0 Å². The highest BCUT2D eigenvalue weighted by Gasteiger charge is 2.17. The molecular formula is C18H27N3O. The second-order valence-corrected chi connectivity index (χ2v) is 6.00. The van der Waals surface area contributed by atoms with E-state index in [4.69, 9.17) is 0 Å². The molecule has 1 aliphatic rings. The van der Waals surface area contributed by atoms with Gasteiger partial charge in [-0.2, -0.15) is 0 Å². The van der Waals surface area contributed by atoms with Gasteiger partial charge in [0.15, 0.2) is 0 Å². The van der Waals surface area contributed by atoms with Gasteiger partial charge in [-0.1, -0.05) is 25.3 Å². The molecule has 0 bridgehead atoms. The largest absolute Gasteiger partial charge is 0.353 e. The van der Waals surface area contributed by atoms with Crippen LogP contribution in [0.5, 0.6) is 0 Å². The Bertz CT molecular complexity index is 466. The number of amides is 1. The third kappa shape index (κ3) is 5.98. The summed E-state index contributed by atoms with van der Waals surface area (Å²) in [7, 11) is 2.21. The van der Waals surface area contributed by atoms with E-state index in [0.717, 1.165) is 31.2 Å². The number of nitrogens with zero attached hydrogens (tertiary/aromatic N) is 2. The standard InChI is InChI=1S/C18H27N3O/c1-21(17-9-3-2-4-10-17)15-7-14-20-18(22)12-11-16-8-5-6-13-19-16/h5-6,8,11-13,17H,2-4,7,9-10,14-15H2,1H3,(H,20,22). The molecule has 1 N–H and O–H groups in total. The lowest BCUT2D eigenvalue weighted by Crippen LogP contribution is -2.35. The van der Waals surface area contributed by atoms with E-state index in [1.165, 1.54) is 32.1 Å². The maximum atomic E-state index is 11.7. The van der Waals surface area contributed by atoms with Crippen molar-refractivity contribution in [1.82, 2.24) is 15.2 Å². The molecule has 0 aliphatic heterocycles. The number of pyridine rings is 1. The molecular weight excluding hydrogens is 274 g/mol. The van der Waals surface area contributed by atoms with Crippen LogP contribution in [0.1, 0.15) is 44.2 Å². The Balaban J connectivity index is 1.59. The van der Waals surface area contributed by atoms with Gasteiger partial charge in [0.2, 0.25) is 5.91 Å². The molecule has 4 nitrogen and oxygen atoms in total. The Hall–Kier alpha value is -1.68. The fourth-order valence-corrected chi connectivity index (χ4v) is 2.94. The minimum atomic E-state index is -0.0500. The van der Waals surface area contributed by atoms with Crippen molar-refractivity contribution in [3.8, 4) is 0 Å². The number of nitrogens with one attached hydrogen (secondary N) is 1. The monoisotopic (exact) mass is 301 g/mol. The molecule has 0 unspecified atom stereocenters. The Morgan fingerprint density at radius 2 is 2.18 bits per heavy atom. The highest BCUT2D eigenvalue weighted by Crippen LogP contribution is 2.21. The van der Waals surface area contributed by atoms with Crippen molar-refractivity contribution in [2.24, 2.45) is 0 Å². The first kappa shape index (κ1) is 16.7. The maximum absolute atomic E-state index is 11.7. The van der Waals surface area contributed by atoms with E-state index in [9.17, 15) is 4.79 Å². The summed E-state index contributed by atoms with van der Waals surface area (Å²) in [5.74, 6) is -0.0500. The van der Waals surface area contributed by atoms with E-state index in [1.807, 2.05) is 18.2 Å². The molecule has 0 atom stereocenters. The van der Waals surface area contributed by atoms with Crippen molar-refractivity contribution >= 4 is 12.0 Å². The lowest BCUT2D eigenvalue weighted by molar-refractivity contribution is -0.116. The molecule has 0 spiro atoms. The molecule has 4 heteroatoms. The molecule has 1 aromatic heterocycles. The van der Waals surface area contributed by atoms with Gasteiger partial charge >= 0.3 is 0 Å². The summed E-state index contributed by atoms with van der Waals surface area (Å²) in [4.78, 5) is 18.3. The molecule has 2 rings (SSSR count). The number of hydrogen-bond donors (Lipinski definition) is 1. The molecule has 1 fully saturated rings. The topological polar surface area (TPSA) is 45.2 Å². The van der Waals surface area contributed by atoms with Gasteiger partial charge in [-0.15, -0.1) is 0 Å². The van der Waals surface area contributed by atoms with Crippen LogP contribution in [-0.2, 0) is 4.79 Å². The molecule has 0 saturated heterocycles. The Labute approximate surface area is 133 Å². The highest BCUT2D eigenvalue weighted by molar-refractivity contribution is 5.91. The number of carbonyl (C=O) groups excluding carboxylic acids is 1. The summed E-state index contributed by atoms with van der Waals surface area (Å²) in [6.07, 6.45) is 12.8. The summed E-state index contributed by atoms with van der Waals surface area (Å²) in [5.41, 5.74) is 0.801. The zero-order chi connectivity index (χ0) is 15.6. The second kappa shape index (κ2) is 9.36. The zero-order valence-electron chi connectivity index (χ0n) is 13.5. The van der Waals surface area contributed by atoms with Crippen LogP contribution < -0.4 is 5.32 Å². The minimum absolute atomic E-state index is 0.0500. The van der Waals surface area contributed by atoms with Gasteiger partial charge in [-0.25, -0.2) is 0 Å². The van der Waals surface area contributed by atoms with Gasteiger partial charge in [-0.05, 0) is 51.1 Å². The Morgan fingerprint density at radius 1 is 1.36 bits per heavy atom. The average Bonchev–Trinajstić information content (AvgIpc) is 2.58. The zero-order valence-corrected chi connectivity index (χ0v) is 13.5. The van der Waals surface area contributed by atoms with Crippen LogP contribution in [0.15, 0.2) is 30.5 Å². The van der Waals surface area contributed by atoms with Gasteiger partial charge in [0, 0.05) is 24.9 Å².